The van der Waals surface area contributed by atoms with Crippen LogP contribution in [0, 0.1) is 0 Å². The van der Waals surface area contributed by atoms with Crippen molar-refractivity contribution in [2.45, 2.75) is 32.1 Å². The number of methoxy groups -OCH3 is 1. The van der Waals surface area contributed by atoms with Crippen molar-refractivity contribution in [1.29, 1.82) is 0 Å². The molecule has 0 N–H and O–H groups in total. The van der Waals surface area contributed by atoms with Crippen LogP contribution in [0.2, 0.25) is 0 Å². The van der Waals surface area contributed by atoms with Gasteiger partial charge in [0, 0.05) is 61.4 Å². The third-order valence-electron chi connectivity index (χ3n) is 7.97. The average molecular weight is 540 g/mol. The summed E-state index contributed by atoms with van der Waals surface area (Å²) in [6.07, 6.45) is 11.2. The highest BCUT2D eigenvalue weighted by Gasteiger charge is 2.22. The molecule has 0 atom stereocenters. The number of rotatable bonds is 9. The Kier molecular flexibility index (Phi) is 7.64. The van der Waals surface area contributed by atoms with E-state index in [9.17, 15) is 4.79 Å². The predicted octanol–water partition coefficient (Wildman–Crippen LogP) is 4.90. The van der Waals surface area contributed by atoms with E-state index >= 15 is 0 Å². The molecule has 0 aliphatic carbocycles. The van der Waals surface area contributed by atoms with Gasteiger partial charge in [0.15, 0.2) is 0 Å². The van der Waals surface area contributed by atoms with Crippen LogP contribution in [0.15, 0.2) is 55.0 Å². The van der Waals surface area contributed by atoms with Crippen molar-refractivity contribution in [1.82, 2.24) is 29.5 Å². The summed E-state index contributed by atoms with van der Waals surface area (Å²) in [6, 6.07) is 12.1. The van der Waals surface area contributed by atoms with E-state index in [0.29, 0.717) is 11.3 Å². The van der Waals surface area contributed by atoms with Gasteiger partial charge in [0.25, 0.3) is 5.91 Å². The zero-order valence-corrected chi connectivity index (χ0v) is 23.4. The third kappa shape index (κ3) is 5.65. The summed E-state index contributed by atoms with van der Waals surface area (Å²) in [4.78, 5) is 29.8. The highest BCUT2D eigenvalue weighted by atomic mass is 16.5. The van der Waals surface area contributed by atoms with Crippen molar-refractivity contribution < 1.29 is 9.53 Å². The minimum Gasteiger partial charge on any atom is -0.497 e. The summed E-state index contributed by atoms with van der Waals surface area (Å²) in [5, 5.41) is 4.29. The van der Waals surface area contributed by atoms with Gasteiger partial charge in [0.05, 0.1) is 36.2 Å². The van der Waals surface area contributed by atoms with E-state index in [4.69, 9.17) is 9.72 Å². The van der Waals surface area contributed by atoms with Crippen molar-refractivity contribution in [2.75, 3.05) is 51.3 Å². The lowest BCUT2D eigenvalue weighted by Gasteiger charge is -2.28. The number of aryl methyl sites for hydroxylation is 1. The molecule has 2 aliphatic rings. The van der Waals surface area contributed by atoms with E-state index in [1.807, 2.05) is 42.4 Å². The Balaban J connectivity index is 1.37. The van der Waals surface area contributed by atoms with E-state index in [0.717, 1.165) is 79.1 Å². The summed E-state index contributed by atoms with van der Waals surface area (Å²) < 4.78 is 7.45. The number of hydrogen-bond donors (Lipinski definition) is 0. The zero-order valence-electron chi connectivity index (χ0n) is 23.4. The molecule has 2 saturated heterocycles. The molecule has 0 bridgehead atoms. The Morgan fingerprint density at radius 3 is 2.50 bits per heavy atom. The molecule has 208 valence electrons. The summed E-state index contributed by atoms with van der Waals surface area (Å²) >= 11 is 0. The Bertz CT molecular complexity index is 1490. The van der Waals surface area contributed by atoms with Crippen LogP contribution in [-0.4, -0.2) is 81.8 Å². The minimum absolute atomic E-state index is 0.0696. The SMILES string of the molecule is COc1cc(C(=O)N2CCCC2)cc(N(CCCN2CCCC2)c2ccc3ncc(-c4cnn(C)c4)nc3c2)c1. The average Bonchev–Trinajstić information content (AvgIpc) is 3.78. The van der Waals surface area contributed by atoms with Crippen LogP contribution in [-0.2, 0) is 7.05 Å². The summed E-state index contributed by atoms with van der Waals surface area (Å²) in [5.74, 6) is 0.754. The first-order chi connectivity index (χ1) is 19.6. The van der Waals surface area contributed by atoms with Gasteiger partial charge in [-0.2, -0.15) is 5.10 Å². The lowest BCUT2D eigenvalue weighted by molar-refractivity contribution is 0.0792. The minimum atomic E-state index is 0.0696. The fourth-order valence-electron chi connectivity index (χ4n) is 5.81. The lowest BCUT2D eigenvalue weighted by Crippen LogP contribution is -2.28. The number of amides is 1. The van der Waals surface area contributed by atoms with Crippen LogP contribution < -0.4 is 9.64 Å². The molecular weight excluding hydrogens is 502 g/mol. The number of benzene rings is 2. The Morgan fingerprint density at radius 1 is 0.950 bits per heavy atom. The second-order valence-electron chi connectivity index (χ2n) is 10.8. The highest BCUT2D eigenvalue weighted by molar-refractivity contribution is 5.96. The number of carbonyl (C=O) groups excluding carboxylic acids is 1. The normalized spacial score (nSPS) is 15.7. The van der Waals surface area contributed by atoms with E-state index in [-0.39, 0.29) is 5.91 Å². The molecule has 6 rings (SSSR count). The molecule has 9 heteroatoms. The lowest BCUT2D eigenvalue weighted by atomic mass is 10.1. The first kappa shape index (κ1) is 26.3. The number of carbonyl (C=O) groups is 1. The fraction of sp³-hybridized carbons (Fsp3) is 0.419. The van der Waals surface area contributed by atoms with Gasteiger partial charge in [0.1, 0.15) is 5.75 Å². The topological polar surface area (TPSA) is 79.6 Å². The smallest absolute Gasteiger partial charge is 0.254 e. The number of hydrogen-bond acceptors (Lipinski definition) is 7. The van der Waals surface area contributed by atoms with E-state index < -0.39 is 0 Å². The molecule has 9 nitrogen and oxygen atoms in total. The van der Waals surface area contributed by atoms with Gasteiger partial charge in [-0.05, 0) is 82.1 Å². The van der Waals surface area contributed by atoms with Gasteiger partial charge in [0.2, 0.25) is 0 Å². The predicted molar refractivity (Wildman–Crippen MR) is 157 cm³/mol. The molecule has 2 aliphatic heterocycles. The van der Waals surface area contributed by atoms with Crippen molar-refractivity contribution in [3.05, 3.63) is 60.6 Å². The molecule has 0 spiro atoms. The second kappa shape index (κ2) is 11.6. The summed E-state index contributed by atoms with van der Waals surface area (Å²) in [6.45, 7) is 5.84. The Morgan fingerprint density at radius 2 is 1.75 bits per heavy atom. The molecular formula is C31H37N7O2. The quantitative estimate of drug-likeness (QED) is 0.299. The molecule has 0 saturated carbocycles. The summed E-state index contributed by atoms with van der Waals surface area (Å²) in [7, 11) is 3.56. The number of ether oxygens (including phenoxy) is 1. The van der Waals surface area contributed by atoms with Gasteiger partial charge in [-0.1, -0.05) is 0 Å². The third-order valence-corrected chi connectivity index (χ3v) is 7.97. The monoisotopic (exact) mass is 539 g/mol. The van der Waals surface area contributed by atoms with Gasteiger partial charge in [-0.3, -0.25) is 14.5 Å². The number of fused-ring (bicyclic) bond motifs is 1. The standard InChI is InChI=1S/C31H37N7O2/c1-35-22-24(20-33-35)30-21-32-28-9-8-25(19-29(28)34-30)38(15-7-12-36-10-3-4-11-36)26-16-23(17-27(18-26)40-2)31(39)37-13-5-6-14-37/h8-9,16-22H,3-7,10-15H2,1-2H3. The largest absolute Gasteiger partial charge is 0.497 e. The molecule has 2 fully saturated rings. The highest BCUT2D eigenvalue weighted by Crippen LogP contribution is 2.33. The van der Waals surface area contributed by atoms with Crippen LogP contribution in [0.3, 0.4) is 0 Å². The van der Waals surface area contributed by atoms with E-state index in [1.54, 1.807) is 24.2 Å². The van der Waals surface area contributed by atoms with Crippen LogP contribution >= 0.6 is 0 Å². The van der Waals surface area contributed by atoms with Crippen LogP contribution in [0.4, 0.5) is 11.4 Å². The van der Waals surface area contributed by atoms with Crippen molar-refractivity contribution in [3.63, 3.8) is 0 Å². The van der Waals surface area contributed by atoms with Crippen molar-refractivity contribution in [3.8, 4) is 17.0 Å². The first-order valence-corrected chi connectivity index (χ1v) is 14.3. The molecule has 2 aromatic carbocycles. The van der Waals surface area contributed by atoms with Gasteiger partial charge in [-0.25, -0.2) is 4.98 Å². The van der Waals surface area contributed by atoms with Crippen LogP contribution in [0.25, 0.3) is 22.3 Å². The summed E-state index contributed by atoms with van der Waals surface area (Å²) in [5.41, 5.74) is 6.00. The molecule has 4 heterocycles. The molecule has 40 heavy (non-hydrogen) atoms. The van der Waals surface area contributed by atoms with Crippen molar-refractivity contribution in [2.24, 2.45) is 7.05 Å². The van der Waals surface area contributed by atoms with Gasteiger partial charge >= 0.3 is 0 Å². The fourth-order valence-corrected chi connectivity index (χ4v) is 5.81. The van der Waals surface area contributed by atoms with E-state index in [2.05, 4.69) is 32.0 Å². The van der Waals surface area contributed by atoms with Crippen LogP contribution in [0.1, 0.15) is 42.5 Å². The Labute approximate surface area is 235 Å². The van der Waals surface area contributed by atoms with Crippen LogP contribution in [0.5, 0.6) is 5.75 Å². The maximum absolute atomic E-state index is 13.4. The van der Waals surface area contributed by atoms with Crippen molar-refractivity contribution >= 4 is 28.3 Å². The molecule has 4 aromatic rings. The number of nitrogens with zero attached hydrogens (tertiary/aromatic N) is 7. The zero-order chi connectivity index (χ0) is 27.5. The number of anilines is 2. The maximum atomic E-state index is 13.4. The van der Waals surface area contributed by atoms with E-state index in [1.165, 1.54) is 25.9 Å². The molecule has 2 aromatic heterocycles. The molecule has 0 radical (unpaired) electrons. The first-order valence-electron chi connectivity index (χ1n) is 14.3. The second-order valence-corrected chi connectivity index (χ2v) is 10.8. The maximum Gasteiger partial charge on any atom is 0.254 e. The number of aromatic nitrogens is 4. The molecule has 1 amide bonds. The number of likely N-dealkylation sites (tertiary alicyclic amines) is 2. The van der Waals surface area contributed by atoms with Gasteiger partial charge in [-0.15, -0.1) is 0 Å². The molecule has 0 unspecified atom stereocenters. The van der Waals surface area contributed by atoms with Gasteiger partial charge < -0.3 is 19.4 Å². The Hall–Kier alpha value is -3.98.